The highest BCUT2D eigenvalue weighted by Gasteiger charge is 2.18. The van der Waals surface area contributed by atoms with E-state index in [1.165, 1.54) is 17.4 Å². The molecule has 0 fully saturated rings. The summed E-state index contributed by atoms with van der Waals surface area (Å²) in [6.07, 6.45) is 3.43. The highest BCUT2D eigenvalue weighted by atomic mass is 32.1. The van der Waals surface area contributed by atoms with Gasteiger partial charge < -0.3 is 9.72 Å². The summed E-state index contributed by atoms with van der Waals surface area (Å²) in [5.74, 6) is 0.786. The fourth-order valence-corrected chi connectivity index (χ4v) is 2.81. The SMILES string of the molecule is CC(C)Oc1ccc(C=c2sc(=CC(=O)C(C)(C)C)[nH]c2=O)cc1. The van der Waals surface area contributed by atoms with Crippen molar-refractivity contribution < 1.29 is 9.53 Å². The number of benzene rings is 1. The second-order valence-electron chi connectivity index (χ2n) is 6.92. The van der Waals surface area contributed by atoms with Crippen LogP contribution >= 0.6 is 11.3 Å². The summed E-state index contributed by atoms with van der Waals surface area (Å²) in [5.41, 5.74) is 0.263. The molecular formula is C19H23NO3S. The fourth-order valence-electron chi connectivity index (χ4n) is 1.93. The predicted octanol–water partition coefficient (Wildman–Crippen LogP) is 2.45. The lowest BCUT2D eigenvalue weighted by atomic mass is 9.91. The molecule has 2 rings (SSSR count). The van der Waals surface area contributed by atoms with Crippen LogP contribution < -0.4 is 19.5 Å². The maximum Gasteiger partial charge on any atom is 0.266 e. The van der Waals surface area contributed by atoms with Crippen LogP contribution in [0.15, 0.2) is 29.1 Å². The lowest BCUT2D eigenvalue weighted by Gasteiger charge is -2.12. The number of H-pyrrole nitrogens is 1. The first-order valence-corrected chi connectivity index (χ1v) is 8.70. The molecule has 0 amide bonds. The van der Waals surface area contributed by atoms with Gasteiger partial charge in [0.15, 0.2) is 5.78 Å². The largest absolute Gasteiger partial charge is 0.491 e. The van der Waals surface area contributed by atoms with Crippen molar-refractivity contribution in [1.29, 1.82) is 0 Å². The average Bonchev–Trinajstić information content (AvgIpc) is 2.79. The second-order valence-corrected chi connectivity index (χ2v) is 8.01. The van der Waals surface area contributed by atoms with Gasteiger partial charge >= 0.3 is 0 Å². The Bertz CT molecular complexity index is 880. The number of thiazole rings is 1. The monoisotopic (exact) mass is 345 g/mol. The first-order valence-electron chi connectivity index (χ1n) is 7.89. The van der Waals surface area contributed by atoms with Crippen molar-refractivity contribution >= 4 is 29.3 Å². The quantitative estimate of drug-likeness (QED) is 0.926. The van der Waals surface area contributed by atoms with Gasteiger partial charge in [-0.3, -0.25) is 9.59 Å². The van der Waals surface area contributed by atoms with Crippen LogP contribution in [0.2, 0.25) is 0 Å². The Morgan fingerprint density at radius 3 is 2.38 bits per heavy atom. The van der Waals surface area contributed by atoms with Gasteiger partial charge in [-0.1, -0.05) is 32.9 Å². The summed E-state index contributed by atoms with van der Waals surface area (Å²) in [4.78, 5) is 26.8. The number of rotatable bonds is 4. The van der Waals surface area contributed by atoms with Crippen LogP contribution in [-0.4, -0.2) is 16.9 Å². The molecule has 128 valence electrons. The molecule has 0 aliphatic carbocycles. The molecule has 0 bridgehead atoms. The number of hydrogen-bond donors (Lipinski definition) is 1. The van der Waals surface area contributed by atoms with Crippen molar-refractivity contribution in [2.75, 3.05) is 0 Å². The van der Waals surface area contributed by atoms with Crippen molar-refractivity contribution in [3.8, 4) is 5.75 Å². The average molecular weight is 345 g/mol. The molecule has 1 aromatic carbocycles. The van der Waals surface area contributed by atoms with Crippen LogP contribution in [0.5, 0.6) is 5.75 Å². The molecule has 5 heteroatoms. The third-order valence-electron chi connectivity index (χ3n) is 3.23. The molecule has 0 aliphatic rings. The van der Waals surface area contributed by atoms with Gasteiger partial charge in [-0.05, 0) is 37.6 Å². The molecule has 0 radical (unpaired) electrons. The lowest BCUT2D eigenvalue weighted by Crippen LogP contribution is -2.22. The molecular weight excluding hydrogens is 322 g/mol. The Labute approximate surface area is 145 Å². The summed E-state index contributed by atoms with van der Waals surface area (Å²) in [5, 5.41) is 0. The van der Waals surface area contributed by atoms with Gasteiger partial charge in [0.1, 0.15) is 5.75 Å². The molecule has 2 aromatic rings. The van der Waals surface area contributed by atoms with Crippen LogP contribution in [0.4, 0.5) is 0 Å². The number of aromatic amines is 1. The van der Waals surface area contributed by atoms with Crippen molar-refractivity contribution in [3.05, 3.63) is 49.4 Å². The van der Waals surface area contributed by atoms with Crippen molar-refractivity contribution in [3.63, 3.8) is 0 Å². The van der Waals surface area contributed by atoms with E-state index in [1.807, 2.05) is 65.0 Å². The van der Waals surface area contributed by atoms with E-state index in [4.69, 9.17) is 4.74 Å². The highest BCUT2D eigenvalue weighted by Crippen LogP contribution is 2.15. The first-order chi connectivity index (χ1) is 11.1. The standard InChI is InChI=1S/C19H23NO3S/c1-12(2)23-14-8-6-13(7-9-14)10-15-18(22)20-17(24-15)11-16(21)19(3,4)5/h6-12H,1-5H3,(H,20,22). The van der Waals surface area contributed by atoms with E-state index in [1.54, 1.807) is 0 Å². The maximum atomic E-state index is 12.1. The Morgan fingerprint density at radius 2 is 1.83 bits per heavy atom. The smallest absolute Gasteiger partial charge is 0.266 e. The first kappa shape index (κ1) is 18.2. The van der Waals surface area contributed by atoms with E-state index in [9.17, 15) is 9.59 Å². The predicted molar refractivity (Wildman–Crippen MR) is 98.9 cm³/mol. The highest BCUT2D eigenvalue weighted by molar-refractivity contribution is 7.07. The molecule has 0 aliphatic heterocycles. The van der Waals surface area contributed by atoms with Crippen LogP contribution in [0.25, 0.3) is 12.2 Å². The summed E-state index contributed by atoms with van der Waals surface area (Å²) < 4.78 is 6.75. The van der Waals surface area contributed by atoms with Crippen LogP contribution in [0.1, 0.15) is 40.2 Å². The number of ether oxygens (including phenoxy) is 1. The van der Waals surface area contributed by atoms with Crippen LogP contribution in [0.3, 0.4) is 0 Å². The van der Waals surface area contributed by atoms with Gasteiger partial charge in [0.2, 0.25) is 0 Å². The fraction of sp³-hybridized carbons (Fsp3) is 0.368. The van der Waals surface area contributed by atoms with Gasteiger partial charge in [-0.2, -0.15) is 0 Å². The van der Waals surface area contributed by atoms with E-state index in [0.29, 0.717) is 9.20 Å². The Balaban J connectivity index is 2.33. The van der Waals surface area contributed by atoms with Crippen molar-refractivity contribution in [1.82, 2.24) is 4.98 Å². The summed E-state index contributed by atoms with van der Waals surface area (Å²) in [6, 6.07) is 7.56. The third kappa shape index (κ3) is 4.93. The minimum Gasteiger partial charge on any atom is -0.491 e. The summed E-state index contributed by atoms with van der Waals surface area (Å²) in [6.45, 7) is 9.51. The van der Waals surface area contributed by atoms with E-state index in [-0.39, 0.29) is 17.4 Å². The number of Topliss-reactive ketones (excluding diaryl/α,β-unsaturated/α-hetero) is 1. The summed E-state index contributed by atoms with van der Waals surface area (Å²) >= 11 is 1.28. The van der Waals surface area contributed by atoms with Crippen molar-refractivity contribution in [2.24, 2.45) is 5.41 Å². The number of aromatic nitrogens is 1. The lowest BCUT2D eigenvalue weighted by molar-refractivity contribution is -0.119. The maximum absolute atomic E-state index is 12.1. The molecule has 0 saturated carbocycles. The molecule has 24 heavy (non-hydrogen) atoms. The van der Waals surface area contributed by atoms with Gasteiger partial charge in [-0.25, -0.2) is 0 Å². The minimum atomic E-state index is -0.461. The Kier molecular flexibility index (Phi) is 5.44. The van der Waals surface area contributed by atoms with Gasteiger partial charge in [-0.15, -0.1) is 11.3 Å². The number of nitrogens with one attached hydrogen (secondary N) is 1. The number of ketones is 1. The molecule has 0 saturated heterocycles. The normalized spacial score (nSPS) is 13.6. The minimum absolute atomic E-state index is 0.0123. The molecule has 1 heterocycles. The summed E-state index contributed by atoms with van der Waals surface area (Å²) in [7, 11) is 0. The Hall–Kier alpha value is -2.14. The van der Waals surface area contributed by atoms with Crippen LogP contribution in [0, 0.1) is 5.41 Å². The van der Waals surface area contributed by atoms with Gasteiger partial charge in [0.25, 0.3) is 5.56 Å². The molecule has 1 N–H and O–H groups in total. The molecule has 0 spiro atoms. The van der Waals surface area contributed by atoms with E-state index < -0.39 is 5.41 Å². The van der Waals surface area contributed by atoms with Crippen LogP contribution in [-0.2, 0) is 4.79 Å². The zero-order valence-corrected chi connectivity index (χ0v) is 15.5. The van der Waals surface area contributed by atoms with Crippen molar-refractivity contribution in [2.45, 2.75) is 40.7 Å². The Morgan fingerprint density at radius 1 is 1.21 bits per heavy atom. The molecule has 0 atom stereocenters. The zero-order valence-electron chi connectivity index (χ0n) is 14.7. The number of hydrogen-bond acceptors (Lipinski definition) is 4. The van der Waals surface area contributed by atoms with E-state index in [0.717, 1.165) is 11.3 Å². The molecule has 0 unspecified atom stereocenters. The molecule has 1 aromatic heterocycles. The van der Waals surface area contributed by atoms with Gasteiger partial charge in [0.05, 0.1) is 15.3 Å². The third-order valence-corrected chi connectivity index (χ3v) is 4.19. The molecule has 4 nitrogen and oxygen atoms in total. The van der Waals surface area contributed by atoms with E-state index >= 15 is 0 Å². The topological polar surface area (TPSA) is 59.2 Å². The number of carbonyl (C=O) groups excluding carboxylic acids is 1. The second kappa shape index (κ2) is 7.18. The number of carbonyl (C=O) groups is 1. The van der Waals surface area contributed by atoms with Gasteiger partial charge in [0, 0.05) is 11.5 Å². The zero-order chi connectivity index (χ0) is 17.9. The van der Waals surface area contributed by atoms with E-state index in [2.05, 4.69) is 4.98 Å².